The van der Waals surface area contributed by atoms with E-state index in [2.05, 4.69) is 15.1 Å². The van der Waals surface area contributed by atoms with Crippen molar-refractivity contribution >= 4 is 5.91 Å². The Hall–Kier alpha value is -3.76. The van der Waals surface area contributed by atoms with Gasteiger partial charge in [0.1, 0.15) is 11.1 Å². The van der Waals surface area contributed by atoms with E-state index in [0.717, 1.165) is 0 Å². The number of amides is 1. The van der Waals surface area contributed by atoms with Crippen LogP contribution in [0.4, 0.5) is 8.78 Å². The molecule has 3 heterocycles. The summed E-state index contributed by atoms with van der Waals surface area (Å²) >= 11 is 0. The van der Waals surface area contributed by atoms with Gasteiger partial charge in [-0.05, 0) is 6.07 Å². The number of halogens is 2. The van der Waals surface area contributed by atoms with Crippen LogP contribution in [0.3, 0.4) is 0 Å². The summed E-state index contributed by atoms with van der Waals surface area (Å²) in [6, 6.07) is 2.95. The summed E-state index contributed by atoms with van der Waals surface area (Å²) in [6.07, 6.45) is 2.64. The van der Waals surface area contributed by atoms with Gasteiger partial charge in [0.2, 0.25) is 5.88 Å². The molecule has 0 aromatic carbocycles. The van der Waals surface area contributed by atoms with Gasteiger partial charge in [-0.2, -0.15) is 9.83 Å². The van der Waals surface area contributed by atoms with Crippen molar-refractivity contribution in [2.75, 3.05) is 14.2 Å². The first-order chi connectivity index (χ1) is 13.3. The summed E-state index contributed by atoms with van der Waals surface area (Å²) < 4.78 is 39.5. The molecule has 0 spiro atoms. The largest absolute Gasteiger partial charge is 0.496 e. The molecule has 0 aliphatic heterocycles. The van der Waals surface area contributed by atoms with Gasteiger partial charge in [-0.3, -0.25) is 9.48 Å². The van der Waals surface area contributed by atoms with Gasteiger partial charge in [0.05, 0.1) is 37.9 Å². The van der Waals surface area contributed by atoms with Crippen LogP contribution in [0.25, 0.3) is 11.3 Å². The van der Waals surface area contributed by atoms with E-state index in [0.29, 0.717) is 35.3 Å². The predicted octanol–water partition coefficient (Wildman–Crippen LogP) is 1.56. The molecule has 9 nitrogen and oxygen atoms in total. The van der Waals surface area contributed by atoms with Gasteiger partial charge in [-0.25, -0.2) is 18.8 Å². The number of ether oxygens (including phenoxy) is 2. The van der Waals surface area contributed by atoms with Crippen LogP contribution in [-0.2, 0) is 7.05 Å². The van der Waals surface area contributed by atoms with E-state index >= 15 is 0 Å². The van der Waals surface area contributed by atoms with Crippen molar-refractivity contribution in [1.29, 1.82) is 0 Å². The highest BCUT2D eigenvalue weighted by molar-refractivity contribution is 5.94. The Morgan fingerprint density at radius 1 is 1.18 bits per heavy atom. The zero-order valence-corrected chi connectivity index (χ0v) is 15.1. The van der Waals surface area contributed by atoms with Crippen LogP contribution >= 0.6 is 0 Å². The molecule has 1 N–H and O–H groups in total. The number of aryl methyl sites for hydroxylation is 1. The minimum absolute atomic E-state index is 0.144. The molecule has 28 heavy (non-hydrogen) atoms. The number of hydrogen-bond acceptors (Lipinski definition) is 6. The lowest BCUT2D eigenvalue weighted by Crippen LogP contribution is -2.19. The smallest absolute Gasteiger partial charge is 0.298 e. The van der Waals surface area contributed by atoms with Gasteiger partial charge in [-0.15, -0.1) is 0 Å². The summed E-state index contributed by atoms with van der Waals surface area (Å²) in [5.74, 6) is -2.60. The van der Waals surface area contributed by atoms with Gasteiger partial charge in [-0.1, -0.05) is 0 Å². The van der Waals surface area contributed by atoms with E-state index in [9.17, 15) is 13.6 Å². The normalized spacial score (nSPS) is 10.6. The highest BCUT2D eigenvalue weighted by Gasteiger charge is 2.18. The zero-order valence-electron chi connectivity index (χ0n) is 15.1. The Bertz CT molecular complexity index is 1100. The van der Waals surface area contributed by atoms with Crippen LogP contribution in [-0.4, -0.2) is 44.8 Å². The first kappa shape index (κ1) is 19.0. The fraction of sp³-hybridized carbons (Fsp3) is 0.176. The highest BCUT2D eigenvalue weighted by Crippen LogP contribution is 2.31. The van der Waals surface area contributed by atoms with Gasteiger partial charge >= 0.3 is 0 Å². The molecule has 0 aliphatic carbocycles. The molecule has 0 saturated carbocycles. The Morgan fingerprint density at radius 2 is 1.86 bits per heavy atom. The maximum atomic E-state index is 13.8. The van der Waals surface area contributed by atoms with Gasteiger partial charge in [0.25, 0.3) is 5.91 Å². The van der Waals surface area contributed by atoms with Crippen molar-refractivity contribution in [1.82, 2.24) is 19.5 Å². The summed E-state index contributed by atoms with van der Waals surface area (Å²) in [4.78, 5) is 19.9. The van der Waals surface area contributed by atoms with Gasteiger partial charge in [0, 0.05) is 19.3 Å². The molecule has 0 radical (unpaired) electrons. The average molecular weight is 391 g/mol. The van der Waals surface area contributed by atoms with Crippen LogP contribution in [0.1, 0.15) is 10.5 Å². The second-order valence-corrected chi connectivity index (χ2v) is 5.57. The number of aromatic nitrogens is 4. The maximum Gasteiger partial charge on any atom is 0.298 e. The molecule has 3 aromatic rings. The molecule has 0 atom stereocenters. The van der Waals surface area contributed by atoms with Crippen molar-refractivity contribution in [3.05, 3.63) is 53.4 Å². The standard InChI is InChI=1S/C17H15F2N5O4/c1-23-13(9-6-20-15(28-3)5-14(9)27-2)4-12(22-23)17(25)21-16-10(18)7-24(26)8-11(16)19/h4-8,26H,1-3H3. The molecular formula is C17H15F2N5O4. The van der Waals surface area contributed by atoms with Crippen molar-refractivity contribution < 1.29 is 28.3 Å². The SMILES string of the molecule is COc1cc(OC)c(-c2cc(C(=O)N=c3c(F)cn(O)cc3F)nn2C)cn1. The molecule has 3 rings (SSSR count). The molecule has 11 heteroatoms. The van der Waals surface area contributed by atoms with Crippen molar-refractivity contribution in [2.24, 2.45) is 12.0 Å². The Balaban J connectivity index is 2.04. The molecule has 0 unspecified atom stereocenters. The summed E-state index contributed by atoms with van der Waals surface area (Å²) in [5.41, 5.74) is 0.846. The fourth-order valence-electron chi connectivity index (χ4n) is 2.49. The van der Waals surface area contributed by atoms with Gasteiger partial charge < -0.3 is 14.7 Å². The van der Waals surface area contributed by atoms with Gasteiger partial charge in [0.15, 0.2) is 17.3 Å². The summed E-state index contributed by atoms with van der Waals surface area (Å²) in [5, 5.41) is 12.3. The lowest BCUT2D eigenvalue weighted by atomic mass is 10.1. The highest BCUT2D eigenvalue weighted by atomic mass is 19.1. The van der Waals surface area contributed by atoms with Crippen molar-refractivity contribution in [3.63, 3.8) is 0 Å². The minimum Gasteiger partial charge on any atom is -0.496 e. The minimum atomic E-state index is -1.20. The Kier molecular flexibility index (Phi) is 5.07. The van der Waals surface area contributed by atoms with E-state index in [1.165, 1.54) is 31.2 Å². The summed E-state index contributed by atoms with van der Waals surface area (Å²) in [6.45, 7) is 0. The fourth-order valence-corrected chi connectivity index (χ4v) is 2.49. The molecule has 0 saturated heterocycles. The van der Waals surface area contributed by atoms with E-state index in [4.69, 9.17) is 14.7 Å². The van der Waals surface area contributed by atoms with Crippen molar-refractivity contribution in [3.8, 4) is 22.9 Å². The molecular weight excluding hydrogens is 376 g/mol. The van der Waals surface area contributed by atoms with Crippen molar-refractivity contribution in [2.45, 2.75) is 0 Å². The number of carbonyl (C=O) groups is 1. The third-order valence-corrected chi connectivity index (χ3v) is 3.80. The predicted molar refractivity (Wildman–Crippen MR) is 91.0 cm³/mol. The number of rotatable bonds is 4. The van der Waals surface area contributed by atoms with Crippen LogP contribution in [0.5, 0.6) is 11.6 Å². The number of methoxy groups -OCH3 is 2. The molecule has 0 bridgehead atoms. The van der Waals surface area contributed by atoms with E-state index < -0.39 is 22.9 Å². The second-order valence-electron chi connectivity index (χ2n) is 5.57. The third-order valence-electron chi connectivity index (χ3n) is 3.80. The van der Waals surface area contributed by atoms with E-state index in [1.54, 1.807) is 13.1 Å². The summed E-state index contributed by atoms with van der Waals surface area (Å²) in [7, 11) is 4.50. The first-order valence-corrected chi connectivity index (χ1v) is 7.82. The topological polar surface area (TPSA) is 104 Å². The quantitative estimate of drug-likeness (QED) is 0.677. The van der Waals surface area contributed by atoms with Crippen LogP contribution in [0, 0.1) is 11.6 Å². The first-order valence-electron chi connectivity index (χ1n) is 7.82. The lowest BCUT2D eigenvalue weighted by Gasteiger charge is -2.09. The monoisotopic (exact) mass is 391 g/mol. The molecule has 3 aromatic heterocycles. The Labute approximate surface area is 157 Å². The molecule has 1 amide bonds. The number of nitrogens with zero attached hydrogens (tertiary/aromatic N) is 5. The van der Waals surface area contributed by atoms with Crippen LogP contribution < -0.4 is 14.8 Å². The number of pyridine rings is 2. The Morgan fingerprint density at radius 3 is 2.46 bits per heavy atom. The van der Waals surface area contributed by atoms with Crippen LogP contribution in [0.15, 0.2) is 35.7 Å². The average Bonchev–Trinajstić information content (AvgIpc) is 3.05. The maximum absolute atomic E-state index is 13.8. The molecule has 146 valence electrons. The molecule has 0 aliphatic rings. The zero-order chi connectivity index (χ0) is 20.4. The second kappa shape index (κ2) is 7.47. The van der Waals surface area contributed by atoms with E-state index in [-0.39, 0.29) is 10.4 Å². The third kappa shape index (κ3) is 3.54. The number of hydrogen-bond donors (Lipinski definition) is 1. The van der Waals surface area contributed by atoms with Crippen LogP contribution in [0.2, 0.25) is 0 Å². The lowest BCUT2D eigenvalue weighted by molar-refractivity contribution is 0.0990. The number of carbonyl (C=O) groups excluding carboxylic acids is 1. The van der Waals surface area contributed by atoms with E-state index in [1.807, 2.05) is 0 Å². The molecule has 0 fully saturated rings.